The molecule has 3 rings (SSSR count). The fourth-order valence-electron chi connectivity index (χ4n) is 2.59. The predicted molar refractivity (Wildman–Crippen MR) is 92.2 cm³/mol. The normalized spacial score (nSPS) is 10.5. The van der Waals surface area contributed by atoms with E-state index in [0.717, 1.165) is 0 Å². The summed E-state index contributed by atoms with van der Waals surface area (Å²) in [6, 6.07) is 11.9. The molecule has 128 valence electrons. The summed E-state index contributed by atoms with van der Waals surface area (Å²) < 4.78 is 15.9. The number of benzene rings is 2. The van der Waals surface area contributed by atoms with Crippen molar-refractivity contribution >= 4 is 28.5 Å². The molecule has 0 bridgehead atoms. The number of nitrogens with one attached hydrogen (secondary N) is 1. The molecule has 0 radical (unpaired) electrons. The highest BCUT2D eigenvalue weighted by Crippen LogP contribution is 2.33. The number of hydrogen-bond acceptors (Lipinski definition) is 5. The maximum Gasteiger partial charge on any atom is 0.286 e. The van der Waals surface area contributed by atoms with E-state index in [-0.39, 0.29) is 17.0 Å². The highest BCUT2D eigenvalue weighted by atomic mass is 16.5. The minimum atomic E-state index is -0.779. The van der Waals surface area contributed by atoms with Gasteiger partial charge in [-0.1, -0.05) is 18.2 Å². The zero-order valence-corrected chi connectivity index (χ0v) is 13.7. The molecule has 0 unspecified atom stereocenters. The molecule has 0 saturated heterocycles. The van der Waals surface area contributed by atoms with Gasteiger partial charge in [-0.25, -0.2) is 0 Å². The molecular weight excluding hydrogens is 324 g/mol. The number of hydrogen-bond donors (Lipinski definition) is 2. The molecule has 0 saturated carbocycles. The lowest BCUT2D eigenvalue weighted by Crippen LogP contribution is -2.18. The summed E-state index contributed by atoms with van der Waals surface area (Å²) in [7, 11) is 2.90. The van der Waals surface area contributed by atoms with Crippen molar-refractivity contribution in [3.8, 4) is 11.5 Å². The molecule has 0 atom stereocenters. The van der Waals surface area contributed by atoms with Crippen LogP contribution in [0.5, 0.6) is 11.5 Å². The third-order valence-corrected chi connectivity index (χ3v) is 3.71. The third-order valence-electron chi connectivity index (χ3n) is 3.71. The Labute approximate surface area is 143 Å². The van der Waals surface area contributed by atoms with E-state index in [1.807, 2.05) is 0 Å². The standard InChI is InChI=1S/C18H16N2O5/c1-23-12-8-5-9-13(24-2)14(12)18(22)20-15-10-6-3-4-7-11(10)25-16(15)17(19)21/h3-9H,1-2H3,(H2,19,21)(H,20,22). The van der Waals surface area contributed by atoms with Crippen LogP contribution in [0.2, 0.25) is 0 Å². The van der Waals surface area contributed by atoms with E-state index in [1.54, 1.807) is 42.5 Å². The minimum absolute atomic E-state index is 0.122. The summed E-state index contributed by atoms with van der Waals surface area (Å²) in [6.45, 7) is 0. The Morgan fingerprint density at radius 3 is 2.24 bits per heavy atom. The molecule has 0 fully saturated rings. The van der Waals surface area contributed by atoms with Crippen molar-refractivity contribution in [3.63, 3.8) is 0 Å². The van der Waals surface area contributed by atoms with Gasteiger partial charge in [-0.3, -0.25) is 9.59 Å². The molecule has 25 heavy (non-hydrogen) atoms. The quantitative estimate of drug-likeness (QED) is 0.743. The van der Waals surface area contributed by atoms with Gasteiger partial charge in [0, 0.05) is 5.39 Å². The van der Waals surface area contributed by atoms with E-state index in [9.17, 15) is 9.59 Å². The van der Waals surface area contributed by atoms with Crippen LogP contribution in [0.3, 0.4) is 0 Å². The second kappa shape index (κ2) is 6.56. The smallest absolute Gasteiger partial charge is 0.286 e. The Hall–Kier alpha value is -3.48. The van der Waals surface area contributed by atoms with E-state index in [2.05, 4.69) is 5.32 Å². The molecule has 1 aromatic heterocycles. The van der Waals surface area contributed by atoms with E-state index >= 15 is 0 Å². The van der Waals surface area contributed by atoms with Crippen molar-refractivity contribution in [1.29, 1.82) is 0 Å². The molecule has 0 spiro atoms. The Kier molecular flexibility index (Phi) is 4.30. The summed E-state index contributed by atoms with van der Waals surface area (Å²) in [6.07, 6.45) is 0. The summed E-state index contributed by atoms with van der Waals surface area (Å²) in [4.78, 5) is 24.5. The first-order valence-electron chi connectivity index (χ1n) is 7.40. The molecular formula is C18H16N2O5. The van der Waals surface area contributed by atoms with Crippen LogP contribution in [0.1, 0.15) is 20.9 Å². The SMILES string of the molecule is COc1cccc(OC)c1C(=O)Nc1c(C(N)=O)oc2ccccc12. The lowest BCUT2D eigenvalue weighted by Gasteiger charge is -2.12. The fourth-order valence-corrected chi connectivity index (χ4v) is 2.59. The third kappa shape index (κ3) is 2.87. The van der Waals surface area contributed by atoms with Gasteiger partial charge in [0.1, 0.15) is 28.3 Å². The largest absolute Gasteiger partial charge is 0.496 e. The average molecular weight is 340 g/mol. The van der Waals surface area contributed by atoms with E-state index in [1.165, 1.54) is 14.2 Å². The van der Waals surface area contributed by atoms with Crippen LogP contribution in [0.25, 0.3) is 11.0 Å². The summed E-state index contributed by atoms with van der Waals surface area (Å²) in [5.74, 6) is -0.735. The van der Waals surface area contributed by atoms with E-state index in [0.29, 0.717) is 22.5 Å². The van der Waals surface area contributed by atoms with Crippen LogP contribution in [-0.4, -0.2) is 26.0 Å². The second-order valence-electron chi connectivity index (χ2n) is 5.16. The van der Waals surface area contributed by atoms with Crippen molar-refractivity contribution in [2.24, 2.45) is 5.73 Å². The van der Waals surface area contributed by atoms with Crippen LogP contribution in [-0.2, 0) is 0 Å². The zero-order chi connectivity index (χ0) is 18.0. The first kappa shape index (κ1) is 16.4. The van der Waals surface area contributed by atoms with Gasteiger partial charge >= 0.3 is 0 Å². The number of carbonyl (C=O) groups excluding carboxylic acids is 2. The van der Waals surface area contributed by atoms with E-state index < -0.39 is 11.8 Å². The van der Waals surface area contributed by atoms with Crippen molar-refractivity contribution in [2.45, 2.75) is 0 Å². The minimum Gasteiger partial charge on any atom is -0.496 e. The van der Waals surface area contributed by atoms with Gasteiger partial charge in [-0.05, 0) is 24.3 Å². The van der Waals surface area contributed by atoms with Crippen LogP contribution in [0, 0.1) is 0 Å². The van der Waals surface area contributed by atoms with Gasteiger partial charge in [-0.15, -0.1) is 0 Å². The molecule has 0 aliphatic heterocycles. The first-order chi connectivity index (χ1) is 12.1. The average Bonchev–Trinajstić information content (AvgIpc) is 2.99. The maximum atomic E-state index is 12.8. The lowest BCUT2D eigenvalue weighted by molar-refractivity contribution is 0.0977. The van der Waals surface area contributed by atoms with Gasteiger partial charge in [0.2, 0.25) is 5.76 Å². The highest BCUT2D eigenvalue weighted by molar-refractivity contribution is 6.15. The Morgan fingerprint density at radius 1 is 1.00 bits per heavy atom. The van der Waals surface area contributed by atoms with Gasteiger partial charge in [0.05, 0.1) is 14.2 Å². The highest BCUT2D eigenvalue weighted by Gasteiger charge is 2.24. The predicted octanol–water partition coefficient (Wildman–Crippen LogP) is 2.80. The Balaban J connectivity index is 2.10. The van der Waals surface area contributed by atoms with E-state index in [4.69, 9.17) is 19.6 Å². The monoisotopic (exact) mass is 340 g/mol. The fraction of sp³-hybridized carbons (Fsp3) is 0.111. The number of amides is 2. The van der Waals surface area contributed by atoms with Gasteiger partial charge in [0.25, 0.3) is 11.8 Å². The van der Waals surface area contributed by atoms with Gasteiger partial charge < -0.3 is 24.9 Å². The van der Waals surface area contributed by atoms with Crippen molar-refractivity contribution in [3.05, 3.63) is 53.8 Å². The van der Waals surface area contributed by atoms with Gasteiger partial charge in [-0.2, -0.15) is 0 Å². The molecule has 0 aliphatic carbocycles. The number of para-hydroxylation sites is 1. The van der Waals surface area contributed by atoms with Crippen molar-refractivity contribution in [1.82, 2.24) is 0 Å². The molecule has 7 nitrogen and oxygen atoms in total. The molecule has 2 aromatic carbocycles. The number of rotatable bonds is 5. The summed E-state index contributed by atoms with van der Waals surface area (Å²) in [5, 5.41) is 3.26. The maximum absolute atomic E-state index is 12.8. The molecule has 2 amide bonds. The van der Waals surface area contributed by atoms with Crippen LogP contribution in [0.4, 0.5) is 5.69 Å². The summed E-state index contributed by atoms with van der Waals surface area (Å²) in [5.41, 5.74) is 6.23. The summed E-state index contributed by atoms with van der Waals surface area (Å²) >= 11 is 0. The van der Waals surface area contributed by atoms with Crippen molar-refractivity contribution < 1.29 is 23.5 Å². The van der Waals surface area contributed by atoms with Crippen LogP contribution >= 0.6 is 0 Å². The molecule has 7 heteroatoms. The molecule has 0 aliphatic rings. The Bertz CT molecular complexity index is 939. The second-order valence-corrected chi connectivity index (χ2v) is 5.16. The lowest BCUT2D eigenvalue weighted by atomic mass is 10.1. The number of nitrogens with two attached hydrogens (primary N) is 1. The number of methoxy groups -OCH3 is 2. The number of fused-ring (bicyclic) bond motifs is 1. The molecule has 3 aromatic rings. The van der Waals surface area contributed by atoms with Crippen LogP contribution < -0.4 is 20.5 Å². The molecule has 1 heterocycles. The zero-order valence-electron chi connectivity index (χ0n) is 13.7. The number of anilines is 1. The number of furan rings is 1. The topological polar surface area (TPSA) is 104 Å². The number of ether oxygens (including phenoxy) is 2. The first-order valence-corrected chi connectivity index (χ1v) is 7.40. The van der Waals surface area contributed by atoms with Gasteiger partial charge in [0.15, 0.2) is 0 Å². The Morgan fingerprint density at radius 2 is 1.64 bits per heavy atom. The molecule has 3 N–H and O–H groups in total. The number of primary amides is 1. The van der Waals surface area contributed by atoms with Crippen molar-refractivity contribution in [2.75, 3.05) is 19.5 Å². The number of carbonyl (C=O) groups is 2. The van der Waals surface area contributed by atoms with Crippen LogP contribution in [0.15, 0.2) is 46.9 Å².